The Morgan fingerprint density at radius 3 is 2.59 bits per heavy atom. The summed E-state index contributed by atoms with van der Waals surface area (Å²) in [4.78, 5) is 11.0. The number of rotatable bonds is 4. The highest BCUT2D eigenvalue weighted by Crippen LogP contribution is 2.34. The van der Waals surface area contributed by atoms with Crippen LogP contribution in [0, 0.1) is 0 Å². The molecule has 0 saturated heterocycles. The van der Waals surface area contributed by atoms with Gasteiger partial charge in [-0.2, -0.15) is 0 Å². The SMILES string of the molecule is NC(=O)c1cc(SCc2ccccc2)sc1N. The number of carbonyl (C=O) groups excluding carboxylic acids is 1. The standard InChI is InChI=1S/C12H12N2OS2/c13-11(15)9-6-10(17-12(9)14)16-7-8-4-2-1-3-5-8/h1-6H,7,14H2,(H2,13,15). The van der Waals surface area contributed by atoms with E-state index in [1.807, 2.05) is 18.2 Å². The average molecular weight is 264 g/mol. The summed E-state index contributed by atoms with van der Waals surface area (Å²) in [6, 6.07) is 11.9. The molecule has 0 radical (unpaired) electrons. The van der Waals surface area contributed by atoms with Crippen LogP contribution in [0.15, 0.2) is 40.6 Å². The number of hydrogen-bond acceptors (Lipinski definition) is 4. The Morgan fingerprint density at radius 2 is 2.00 bits per heavy atom. The molecule has 5 heteroatoms. The van der Waals surface area contributed by atoms with Crippen molar-refractivity contribution in [2.75, 3.05) is 5.73 Å². The van der Waals surface area contributed by atoms with Gasteiger partial charge in [0.25, 0.3) is 5.91 Å². The van der Waals surface area contributed by atoms with Crippen molar-refractivity contribution in [1.82, 2.24) is 0 Å². The van der Waals surface area contributed by atoms with Crippen LogP contribution in [0.25, 0.3) is 0 Å². The summed E-state index contributed by atoms with van der Waals surface area (Å²) in [6.45, 7) is 0. The number of primary amides is 1. The quantitative estimate of drug-likeness (QED) is 0.834. The second kappa shape index (κ2) is 5.25. The van der Waals surface area contributed by atoms with Crippen LogP contribution >= 0.6 is 23.1 Å². The van der Waals surface area contributed by atoms with Gasteiger partial charge in [0.05, 0.1) is 14.8 Å². The molecule has 88 valence electrons. The summed E-state index contributed by atoms with van der Waals surface area (Å²) in [6.07, 6.45) is 0. The first kappa shape index (κ1) is 12.0. The van der Waals surface area contributed by atoms with Gasteiger partial charge in [-0.25, -0.2) is 0 Å². The Balaban J connectivity index is 2.05. The van der Waals surface area contributed by atoms with Crippen molar-refractivity contribution in [3.8, 4) is 0 Å². The zero-order chi connectivity index (χ0) is 12.3. The van der Waals surface area contributed by atoms with E-state index in [9.17, 15) is 4.79 Å². The van der Waals surface area contributed by atoms with Crippen molar-refractivity contribution in [2.24, 2.45) is 5.73 Å². The molecule has 0 bridgehead atoms. The highest BCUT2D eigenvalue weighted by atomic mass is 32.2. The number of hydrogen-bond donors (Lipinski definition) is 2. The number of benzene rings is 1. The first-order valence-corrected chi connectivity index (χ1v) is 6.83. The highest BCUT2D eigenvalue weighted by molar-refractivity contribution is 8.00. The Labute approximate surface area is 108 Å². The zero-order valence-corrected chi connectivity index (χ0v) is 10.7. The smallest absolute Gasteiger partial charge is 0.251 e. The number of anilines is 1. The van der Waals surface area contributed by atoms with Gasteiger partial charge in [-0.15, -0.1) is 23.1 Å². The Kier molecular flexibility index (Phi) is 3.71. The van der Waals surface area contributed by atoms with Crippen LogP contribution in [0.5, 0.6) is 0 Å². The lowest BCUT2D eigenvalue weighted by molar-refractivity contribution is 0.100. The van der Waals surface area contributed by atoms with Gasteiger partial charge >= 0.3 is 0 Å². The van der Waals surface area contributed by atoms with E-state index in [-0.39, 0.29) is 0 Å². The summed E-state index contributed by atoms with van der Waals surface area (Å²) < 4.78 is 1.01. The number of thioether (sulfide) groups is 1. The number of thiophene rings is 1. The average Bonchev–Trinajstić information content (AvgIpc) is 2.69. The van der Waals surface area contributed by atoms with Gasteiger partial charge in [-0.1, -0.05) is 30.3 Å². The van der Waals surface area contributed by atoms with E-state index >= 15 is 0 Å². The lowest BCUT2D eigenvalue weighted by atomic mass is 10.2. The van der Waals surface area contributed by atoms with Gasteiger partial charge in [0.2, 0.25) is 0 Å². The number of amides is 1. The first-order chi connectivity index (χ1) is 8.16. The third kappa shape index (κ3) is 3.01. The molecular weight excluding hydrogens is 252 g/mol. The molecule has 1 amide bonds. The number of nitrogens with two attached hydrogens (primary N) is 2. The van der Waals surface area contributed by atoms with E-state index in [0.717, 1.165) is 9.96 Å². The molecule has 2 rings (SSSR count). The van der Waals surface area contributed by atoms with E-state index in [0.29, 0.717) is 10.6 Å². The summed E-state index contributed by atoms with van der Waals surface area (Å²) in [5.74, 6) is 0.393. The summed E-state index contributed by atoms with van der Waals surface area (Å²) in [7, 11) is 0. The van der Waals surface area contributed by atoms with E-state index in [1.165, 1.54) is 16.9 Å². The van der Waals surface area contributed by atoms with Gasteiger partial charge < -0.3 is 11.5 Å². The molecule has 3 nitrogen and oxygen atoms in total. The van der Waals surface area contributed by atoms with Crippen molar-refractivity contribution < 1.29 is 4.79 Å². The molecule has 17 heavy (non-hydrogen) atoms. The van der Waals surface area contributed by atoms with Crippen molar-refractivity contribution >= 4 is 34.0 Å². The summed E-state index contributed by atoms with van der Waals surface area (Å²) >= 11 is 3.06. The fourth-order valence-corrected chi connectivity index (χ4v) is 3.42. The van der Waals surface area contributed by atoms with Gasteiger partial charge in [0.1, 0.15) is 0 Å². The molecule has 0 aliphatic heterocycles. The number of nitrogen functional groups attached to an aromatic ring is 1. The molecular formula is C12H12N2OS2. The highest BCUT2D eigenvalue weighted by Gasteiger charge is 2.11. The third-order valence-corrected chi connectivity index (χ3v) is 4.47. The van der Waals surface area contributed by atoms with Crippen molar-refractivity contribution in [3.63, 3.8) is 0 Å². The Hall–Kier alpha value is -1.46. The van der Waals surface area contributed by atoms with Crippen molar-refractivity contribution in [2.45, 2.75) is 9.96 Å². The second-order valence-corrected chi connectivity index (χ2v) is 5.84. The molecule has 0 aliphatic carbocycles. The Bertz CT molecular complexity index is 523. The molecule has 4 N–H and O–H groups in total. The van der Waals surface area contributed by atoms with Crippen LogP contribution in [-0.2, 0) is 5.75 Å². The number of carbonyl (C=O) groups is 1. The molecule has 2 aromatic rings. The first-order valence-electron chi connectivity index (χ1n) is 5.02. The van der Waals surface area contributed by atoms with Gasteiger partial charge in [0.15, 0.2) is 0 Å². The van der Waals surface area contributed by atoms with Crippen LogP contribution in [0.2, 0.25) is 0 Å². The summed E-state index contributed by atoms with van der Waals surface area (Å²) in [5.41, 5.74) is 12.6. The predicted molar refractivity (Wildman–Crippen MR) is 73.3 cm³/mol. The molecule has 0 atom stereocenters. The molecule has 1 heterocycles. The largest absolute Gasteiger partial charge is 0.390 e. The molecule has 0 aliphatic rings. The van der Waals surface area contributed by atoms with E-state index in [4.69, 9.17) is 11.5 Å². The minimum atomic E-state index is -0.467. The maximum atomic E-state index is 11.0. The normalized spacial score (nSPS) is 10.4. The van der Waals surface area contributed by atoms with Crippen LogP contribution in [0.1, 0.15) is 15.9 Å². The molecule has 0 unspecified atom stereocenters. The van der Waals surface area contributed by atoms with E-state index in [2.05, 4.69) is 12.1 Å². The van der Waals surface area contributed by atoms with Crippen molar-refractivity contribution in [1.29, 1.82) is 0 Å². The van der Waals surface area contributed by atoms with Crippen LogP contribution in [0.3, 0.4) is 0 Å². The van der Waals surface area contributed by atoms with Gasteiger partial charge in [0, 0.05) is 5.75 Å². The molecule has 0 fully saturated rings. The molecule has 0 saturated carbocycles. The fourth-order valence-electron chi connectivity index (χ4n) is 1.37. The van der Waals surface area contributed by atoms with Gasteiger partial charge in [-0.3, -0.25) is 4.79 Å². The second-order valence-electron chi connectivity index (χ2n) is 3.48. The monoisotopic (exact) mass is 264 g/mol. The summed E-state index contributed by atoms with van der Waals surface area (Å²) in [5, 5.41) is 0.494. The van der Waals surface area contributed by atoms with Crippen LogP contribution in [-0.4, -0.2) is 5.91 Å². The zero-order valence-electron chi connectivity index (χ0n) is 9.05. The topological polar surface area (TPSA) is 69.1 Å². The van der Waals surface area contributed by atoms with Crippen LogP contribution in [0.4, 0.5) is 5.00 Å². The van der Waals surface area contributed by atoms with E-state index in [1.54, 1.807) is 17.8 Å². The molecule has 0 spiro atoms. The fraction of sp³-hybridized carbons (Fsp3) is 0.0833. The van der Waals surface area contributed by atoms with E-state index < -0.39 is 5.91 Å². The lowest BCUT2D eigenvalue weighted by Gasteiger charge is -1.97. The van der Waals surface area contributed by atoms with Gasteiger partial charge in [-0.05, 0) is 11.6 Å². The van der Waals surface area contributed by atoms with Crippen LogP contribution < -0.4 is 11.5 Å². The minimum Gasteiger partial charge on any atom is -0.390 e. The third-order valence-electron chi connectivity index (χ3n) is 2.23. The Morgan fingerprint density at radius 1 is 1.29 bits per heavy atom. The maximum Gasteiger partial charge on any atom is 0.251 e. The maximum absolute atomic E-state index is 11.0. The molecule has 1 aromatic carbocycles. The van der Waals surface area contributed by atoms with Crippen molar-refractivity contribution in [3.05, 3.63) is 47.5 Å². The predicted octanol–water partition coefficient (Wildman–Crippen LogP) is 2.72. The molecule has 1 aromatic heterocycles. The minimum absolute atomic E-state index is 0.422. The lowest BCUT2D eigenvalue weighted by Crippen LogP contribution is -2.11.